The Morgan fingerprint density at radius 2 is 0.909 bits per heavy atom. The summed E-state index contributed by atoms with van der Waals surface area (Å²) in [6.07, 6.45) is 9.87. The van der Waals surface area contributed by atoms with Crippen molar-refractivity contribution in [3.8, 4) is 47.4 Å². The molecule has 12 aromatic rings. The average Bonchev–Trinajstić information content (AvgIpc) is 0.775. The number of rotatable bonds is 1. The van der Waals surface area contributed by atoms with Gasteiger partial charge in [-0.05, 0) is 189 Å². The molecule has 0 fully saturated rings. The van der Waals surface area contributed by atoms with Crippen LogP contribution in [-0.4, -0.2) is 70.4 Å². The molecule has 4 aromatic carbocycles. The number of hydrogen-bond donors (Lipinski definition) is 0. The number of aryl methyl sites for hydroxylation is 2. The predicted octanol–water partition coefficient (Wildman–Crippen LogP) is 11.7. The molecule has 19 heteroatoms. The quantitative estimate of drug-likeness (QED) is 0.141. The molecular formula is C80H66F2N12O5. The van der Waals surface area contributed by atoms with Crippen LogP contribution < -0.4 is 22.2 Å². The smallest absolute Gasteiger partial charge is 0.261 e. The van der Waals surface area contributed by atoms with E-state index >= 15 is 0 Å². The lowest BCUT2D eigenvalue weighted by Crippen LogP contribution is -2.37. The first-order valence-electron chi connectivity index (χ1n) is 32.9. The number of aromatic nitrogens is 12. The number of benzene rings is 4. The minimum absolute atomic E-state index is 0.0191. The number of ether oxygens (including phenoxy) is 1. The van der Waals surface area contributed by atoms with Gasteiger partial charge in [-0.1, -0.05) is 68.7 Å². The van der Waals surface area contributed by atoms with Gasteiger partial charge in [0.1, 0.15) is 58.9 Å². The fourth-order valence-electron chi connectivity index (χ4n) is 12.4. The molecule has 0 spiro atoms. The van der Waals surface area contributed by atoms with Crippen LogP contribution in [0.3, 0.4) is 0 Å². The molecule has 0 aliphatic carbocycles. The standard InChI is InChI=1S/C21H18FN3O.C21H19N3O.C19H14FN3O.C19H15N3O2/c1-21(2)12-17(22)19-24-18-11-14(6-8-15-5-3-4-10-23-15)7-9-16(18)20(26)25(19)13-21;1-2-17-7-5-8-20-23-19-14-15(9-11-16-6-3-4-13-22-16)10-12-18(19)21(25)24(17)20;20-14-6-9-18-22-17-11-13(4-7-15-3-1-2-10-21-15)5-8-16(17)19(24)23(18)12-14;1-13-11-22-18(12-24-13)21-17-10-14(6-8-16(17)19(22)23)5-7-15-4-2-3-9-20-15/h3-5,7,9-11,17H,12-13H2,1-2H3;3-4,6,10,12-14,17H,2,5,7-8H2,1H3;1-3,5,8,10-11,14H,6,9,12H2;2-4,6,8-10,13H,11-12H2,1H3. The van der Waals surface area contributed by atoms with Gasteiger partial charge in [0.2, 0.25) is 0 Å². The SMILES string of the molecule is CC1(C)CC(F)c2nc3cc(C#Cc4ccccn4)ccc3c(=O)n2C1.CC1Cn2c(nc3cc(C#Cc4ccccn4)ccc3c2=O)CO1.CCC1CCCc2nc3cc(C#Cc4ccccn4)ccc3c(=O)n21.O=c1c2ccc(C#Cc3ccccn3)cc2nc2n1CC(F)CC2. The van der Waals surface area contributed by atoms with Gasteiger partial charge in [0.15, 0.2) is 6.17 Å². The molecule has 490 valence electrons. The Bertz CT molecular complexity index is 5430. The Morgan fingerprint density at radius 3 is 1.36 bits per heavy atom. The van der Waals surface area contributed by atoms with E-state index in [0.717, 1.165) is 59.4 Å². The summed E-state index contributed by atoms with van der Waals surface area (Å²) in [4.78, 5) is 85.9. The molecule has 4 unspecified atom stereocenters. The maximum atomic E-state index is 14.6. The van der Waals surface area contributed by atoms with Gasteiger partial charge in [-0.2, -0.15) is 0 Å². The van der Waals surface area contributed by atoms with Crippen LogP contribution >= 0.6 is 0 Å². The van der Waals surface area contributed by atoms with Crippen molar-refractivity contribution in [1.29, 1.82) is 0 Å². The van der Waals surface area contributed by atoms with Gasteiger partial charge in [0.25, 0.3) is 22.2 Å². The molecule has 99 heavy (non-hydrogen) atoms. The van der Waals surface area contributed by atoms with Gasteiger partial charge in [0, 0.05) is 72.5 Å². The highest BCUT2D eigenvalue weighted by Gasteiger charge is 2.35. The van der Waals surface area contributed by atoms with Gasteiger partial charge < -0.3 is 4.74 Å². The second-order valence-corrected chi connectivity index (χ2v) is 25.3. The summed E-state index contributed by atoms with van der Waals surface area (Å²) < 4.78 is 40.3. The molecule has 0 saturated carbocycles. The maximum Gasteiger partial charge on any atom is 0.261 e. The van der Waals surface area contributed by atoms with Crippen molar-refractivity contribution >= 4 is 43.6 Å². The van der Waals surface area contributed by atoms with E-state index in [0.29, 0.717) is 111 Å². The molecule has 0 saturated heterocycles. The Morgan fingerprint density at radius 1 is 0.485 bits per heavy atom. The van der Waals surface area contributed by atoms with Crippen molar-refractivity contribution in [3.05, 3.63) is 280 Å². The molecule has 4 atom stereocenters. The van der Waals surface area contributed by atoms with Gasteiger partial charge in [-0.25, -0.2) is 48.7 Å². The molecule has 12 heterocycles. The van der Waals surface area contributed by atoms with Crippen molar-refractivity contribution < 1.29 is 13.5 Å². The molecule has 0 N–H and O–H groups in total. The van der Waals surface area contributed by atoms with Gasteiger partial charge in [-0.3, -0.25) is 37.4 Å². The van der Waals surface area contributed by atoms with Crippen molar-refractivity contribution in [3.63, 3.8) is 0 Å². The normalized spacial score (nSPS) is 16.7. The van der Waals surface area contributed by atoms with Crippen molar-refractivity contribution in [2.45, 2.75) is 123 Å². The molecule has 4 aliphatic rings. The summed E-state index contributed by atoms with van der Waals surface area (Å²) in [6.45, 7) is 9.49. The summed E-state index contributed by atoms with van der Waals surface area (Å²) in [5, 5.41) is 2.27. The van der Waals surface area contributed by atoms with E-state index in [-0.39, 0.29) is 52.2 Å². The van der Waals surface area contributed by atoms with E-state index in [9.17, 15) is 28.0 Å². The van der Waals surface area contributed by atoms with Crippen LogP contribution in [0, 0.1) is 52.8 Å². The Balaban J connectivity index is 0.000000119. The summed E-state index contributed by atoms with van der Waals surface area (Å²) in [6, 6.07) is 44.3. The highest BCUT2D eigenvalue weighted by Crippen LogP contribution is 2.38. The Kier molecular flexibility index (Phi) is 19.4. The lowest BCUT2D eigenvalue weighted by molar-refractivity contribution is 0.0117. The van der Waals surface area contributed by atoms with E-state index in [1.165, 1.54) is 9.13 Å². The second-order valence-electron chi connectivity index (χ2n) is 25.3. The molecule has 17 nitrogen and oxygen atoms in total. The third-order valence-electron chi connectivity index (χ3n) is 17.4. The van der Waals surface area contributed by atoms with E-state index in [4.69, 9.17) is 9.72 Å². The topological polar surface area (TPSA) is 200 Å². The Hall–Kier alpha value is -11.9. The first kappa shape index (κ1) is 65.7. The summed E-state index contributed by atoms with van der Waals surface area (Å²) in [5.41, 5.74) is 7.82. The fourth-order valence-corrected chi connectivity index (χ4v) is 12.4. The number of halogens is 2. The average molecular weight is 1310 g/mol. The van der Waals surface area contributed by atoms with Gasteiger partial charge in [-0.15, -0.1) is 0 Å². The molecule has 0 radical (unpaired) electrons. The van der Waals surface area contributed by atoms with Crippen LogP contribution in [0.2, 0.25) is 0 Å². The molecule has 4 aliphatic heterocycles. The van der Waals surface area contributed by atoms with E-state index in [2.05, 4.69) is 89.2 Å². The highest BCUT2D eigenvalue weighted by molar-refractivity contribution is 5.82. The van der Waals surface area contributed by atoms with Crippen LogP contribution in [0.1, 0.15) is 140 Å². The van der Waals surface area contributed by atoms with Crippen LogP contribution in [0.15, 0.2) is 190 Å². The van der Waals surface area contributed by atoms with Gasteiger partial charge >= 0.3 is 0 Å². The van der Waals surface area contributed by atoms with E-state index in [1.54, 1.807) is 71.8 Å². The summed E-state index contributed by atoms with van der Waals surface area (Å²) in [7, 11) is 0. The molecule has 8 aromatic heterocycles. The molecule has 16 rings (SSSR count). The van der Waals surface area contributed by atoms with Crippen LogP contribution in [0.4, 0.5) is 8.78 Å². The second kappa shape index (κ2) is 29.2. The predicted molar refractivity (Wildman–Crippen MR) is 377 cm³/mol. The summed E-state index contributed by atoms with van der Waals surface area (Å²) in [5.74, 6) is 26.7. The van der Waals surface area contributed by atoms with Gasteiger partial charge in [0.05, 0.1) is 62.8 Å². The fraction of sp³-hybridized carbons (Fsp3) is 0.250. The highest BCUT2D eigenvalue weighted by atomic mass is 19.1. The number of nitrogens with zero attached hydrogens (tertiary/aromatic N) is 12. The van der Waals surface area contributed by atoms with Crippen molar-refractivity contribution in [2.75, 3.05) is 0 Å². The number of hydrogen-bond acceptors (Lipinski definition) is 13. The van der Waals surface area contributed by atoms with Crippen molar-refractivity contribution in [2.24, 2.45) is 5.41 Å². The van der Waals surface area contributed by atoms with Crippen molar-refractivity contribution in [1.82, 2.24) is 58.1 Å². The van der Waals surface area contributed by atoms with Crippen LogP contribution in [0.25, 0.3) is 43.6 Å². The first-order valence-corrected chi connectivity index (χ1v) is 32.9. The zero-order valence-electron chi connectivity index (χ0n) is 54.9. The number of fused-ring (bicyclic) bond motifs is 8. The lowest BCUT2D eigenvalue weighted by atomic mass is 9.84. The van der Waals surface area contributed by atoms with Crippen LogP contribution in [0.5, 0.6) is 0 Å². The zero-order chi connectivity index (χ0) is 68.6. The minimum Gasteiger partial charge on any atom is -0.369 e. The maximum absolute atomic E-state index is 14.6. The zero-order valence-corrected chi connectivity index (χ0v) is 54.9. The molecule has 0 bridgehead atoms. The minimum atomic E-state index is -1.24. The lowest BCUT2D eigenvalue weighted by Gasteiger charge is -2.33. The third-order valence-corrected chi connectivity index (χ3v) is 17.4. The number of alkyl halides is 2. The Labute approximate surface area is 568 Å². The molecular weight excluding hydrogens is 1250 g/mol. The summed E-state index contributed by atoms with van der Waals surface area (Å²) >= 11 is 0. The van der Waals surface area contributed by atoms with Crippen LogP contribution in [-0.2, 0) is 43.8 Å². The molecule has 0 amide bonds. The third kappa shape index (κ3) is 15.2. The number of pyridine rings is 4. The first-order chi connectivity index (χ1) is 48.1. The monoisotopic (exact) mass is 1310 g/mol. The van der Waals surface area contributed by atoms with E-state index < -0.39 is 12.3 Å². The van der Waals surface area contributed by atoms with E-state index in [1.807, 2.05) is 128 Å². The largest absolute Gasteiger partial charge is 0.369 e.